The third kappa shape index (κ3) is 7.19. The van der Waals surface area contributed by atoms with Crippen LogP contribution in [-0.2, 0) is 31.1 Å². The van der Waals surface area contributed by atoms with Crippen LogP contribution in [0.15, 0.2) is 22.6 Å². The number of fused-ring (bicyclic) bond motifs is 1. The normalized spacial score (nSPS) is 25.0. The first-order chi connectivity index (χ1) is 19.0. The van der Waals surface area contributed by atoms with Crippen LogP contribution < -0.4 is 10.1 Å². The van der Waals surface area contributed by atoms with E-state index in [1.165, 1.54) is 23.9 Å². The maximum Gasteiger partial charge on any atom is 0.382 e. The Hall–Kier alpha value is -1.70. The maximum atomic E-state index is 12.9. The predicted molar refractivity (Wildman–Crippen MR) is 158 cm³/mol. The molecule has 2 fully saturated rings. The van der Waals surface area contributed by atoms with E-state index in [2.05, 4.69) is 27.8 Å². The van der Waals surface area contributed by atoms with Crippen molar-refractivity contribution in [3.63, 3.8) is 0 Å². The van der Waals surface area contributed by atoms with Gasteiger partial charge in [-0.25, -0.2) is 4.18 Å². The van der Waals surface area contributed by atoms with Gasteiger partial charge in [0.05, 0.1) is 13.5 Å². The van der Waals surface area contributed by atoms with Crippen LogP contribution in [0.3, 0.4) is 0 Å². The van der Waals surface area contributed by atoms with Crippen LogP contribution in [0.1, 0.15) is 68.9 Å². The number of unbranched alkanes of at least 4 members (excludes halogenated alkanes) is 2. The molecule has 40 heavy (non-hydrogen) atoms. The van der Waals surface area contributed by atoms with E-state index in [1.807, 2.05) is 11.0 Å². The van der Waals surface area contributed by atoms with Gasteiger partial charge >= 0.3 is 10.3 Å². The number of rotatable bonds is 11. The van der Waals surface area contributed by atoms with Gasteiger partial charge in [-0.15, -0.1) is 16.7 Å². The number of carbonyl (C=O) groups excluding carboxylic acids is 1. The summed E-state index contributed by atoms with van der Waals surface area (Å²) >= 11 is 17.9. The van der Waals surface area contributed by atoms with E-state index in [1.54, 1.807) is 7.11 Å². The molecule has 1 saturated carbocycles. The van der Waals surface area contributed by atoms with Gasteiger partial charge in [0.1, 0.15) is 18.2 Å². The van der Waals surface area contributed by atoms with Gasteiger partial charge in [0, 0.05) is 31.0 Å². The molecule has 2 bridgehead atoms. The van der Waals surface area contributed by atoms with Crippen LogP contribution in [0, 0.1) is 18.3 Å². The van der Waals surface area contributed by atoms with Crippen molar-refractivity contribution in [2.45, 2.75) is 85.6 Å². The molecule has 4 rings (SSSR count). The van der Waals surface area contributed by atoms with Crippen molar-refractivity contribution in [3.05, 3.63) is 29.3 Å². The molecule has 0 radical (unpaired) electrons. The Labute approximate surface area is 252 Å². The summed E-state index contributed by atoms with van der Waals surface area (Å²) in [5, 5.41) is 2.67. The lowest BCUT2D eigenvalue weighted by Gasteiger charge is -2.58. The standard InChI is InChI=1S/C28H36Cl3N3O5S/c1-3-4-5-8-14-32-26(35)18-25(28(29,30)31)39-40(36,37)33-19-34-15-13-27-12-7-6-9-22(27)24(34)16-20-10-11-21(38-2)17-23(20)27/h1,10-11,17,19,22,24-25H,4-9,12-16,18H2,2H3,(H,32,35)/b33-19-/t22-,24+,25-,27+/m1/s1. The highest BCUT2D eigenvalue weighted by Gasteiger charge is 2.53. The van der Waals surface area contributed by atoms with Crippen molar-refractivity contribution in [2.24, 2.45) is 10.3 Å². The summed E-state index contributed by atoms with van der Waals surface area (Å²) in [7, 11) is -2.83. The fraction of sp³-hybridized carbons (Fsp3) is 0.643. The van der Waals surface area contributed by atoms with Gasteiger partial charge in [0.25, 0.3) is 0 Å². The summed E-state index contributed by atoms with van der Waals surface area (Å²) in [4.78, 5) is 14.4. The van der Waals surface area contributed by atoms with Gasteiger partial charge in [-0.3, -0.25) is 4.79 Å². The number of ether oxygens (including phenoxy) is 1. The van der Waals surface area contributed by atoms with Crippen molar-refractivity contribution in [1.29, 1.82) is 0 Å². The quantitative estimate of drug-likeness (QED) is 0.120. The molecule has 1 saturated heterocycles. The van der Waals surface area contributed by atoms with Crippen molar-refractivity contribution in [3.8, 4) is 18.1 Å². The number of hydrogen-bond acceptors (Lipinski definition) is 5. The lowest BCUT2D eigenvalue weighted by Crippen LogP contribution is -2.60. The third-order valence-corrected chi connectivity index (χ3v) is 10.0. The number of hydrogen-bond donors (Lipinski definition) is 1. The highest BCUT2D eigenvalue weighted by atomic mass is 35.6. The zero-order chi connectivity index (χ0) is 29.0. The molecular formula is C28H36Cl3N3O5S. The minimum Gasteiger partial charge on any atom is -0.497 e. The summed E-state index contributed by atoms with van der Waals surface area (Å²) < 4.78 is 38.1. The number of methoxy groups -OCH3 is 1. The fourth-order valence-corrected chi connectivity index (χ4v) is 7.91. The largest absolute Gasteiger partial charge is 0.497 e. The first-order valence-corrected chi connectivity index (χ1v) is 16.2. The SMILES string of the molecule is C#CCCCCNC(=O)C[C@@H](OS(=O)(=O)/N=C\N1CC[C@@]23CCCC[C@@H]2[C@@H]1Cc1ccc(OC)cc13)C(Cl)(Cl)Cl. The molecule has 2 aliphatic carbocycles. The molecule has 12 heteroatoms. The molecule has 1 aromatic carbocycles. The van der Waals surface area contributed by atoms with Gasteiger partial charge in [-0.1, -0.05) is 53.7 Å². The first kappa shape index (κ1) is 31.2. The molecule has 0 aromatic heterocycles. The lowest BCUT2D eigenvalue weighted by molar-refractivity contribution is -0.122. The van der Waals surface area contributed by atoms with E-state index < -0.39 is 32.5 Å². The van der Waals surface area contributed by atoms with Crippen molar-refractivity contribution >= 4 is 57.4 Å². The van der Waals surface area contributed by atoms with Gasteiger partial charge < -0.3 is 15.0 Å². The number of terminal acetylenes is 1. The van der Waals surface area contributed by atoms with Crippen LogP contribution in [0.2, 0.25) is 0 Å². The molecule has 3 aliphatic rings. The number of alkyl halides is 3. The van der Waals surface area contributed by atoms with Crippen LogP contribution in [0.5, 0.6) is 5.75 Å². The number of halogens is 3. The van der Waals surface area contributed by atoms with E-state index in [9.17, 15) is 13.2 Å². The Balaban J connectivity index is 1.45. The monoisotopic (exact) mass is 631 g/mol. The van der Waals surface area contributed by atoms with E-state index in [-0.39, 0.29) is 11.5 Å². The maximum absolute atomic E-state index is 12.9. The molecule has 1 aliphatic heterocycles. The zero-order valence-electron chi connectivity index (χ0n) is 22.6. The van der Waals surface area contributed by atoms with Gasteiger partial charge in [-0.05, 0) is 67.7 Å². The van der Waals surface area contributed by atoms with Crippen LogP contribution in [0.25, 0.3) is 0 Å². The third-order valence-electron chi connectivity index (χ3n) is 8.46. The highest BCUT2D eigenvalue weighted by molar-refractivity contribution is 7.85. The Morgan fingerprint density at radius 1 is 1.32 bits per heavy atom. The zero-order valence-corrected chi connectivity index (χ0v) is 25.7. The Morgan fingerprint density at radius 2 is 2.12 bits per heavy atom. The van der Waals surface area contributed by atoms with Crippen molar-refractivity contribution in [1.82, 2.24) is 10.2 Å². The van der Waals surface area contributed by atoms with Gasteiger partial charge in [0.15, 0.2) is 0 Å². The highest BCUT2D eigenvalue weighted by Crippen LogP contribution is 2.56. The predicted octanol–water partition coefficient (Wildman–Crippen LogP) is 5.09. The second-order valence-electron chi connectivity index (χ2n) is 10.8. The number of amides is 1. The molecule has 1 heterocycles. The average Bonchev–Trinajstić information content (AvgIpc) is 2.91. The summed E-state index contributed by atoms with van der Waals surface area (Å²) in [5.74, 6) is 3.27. The second kappa shape index (κ2) is 13.1. The molecule has 220 valence electrons. The van der Waals surface area contributed by atoms with E-state index >= 15 is 0 Å². The Kier molecular flexibility index (Phi) is 10.2. The number of likely N-dealkylation sites (tertiary alicyclic amines) is 1. The van der Waals surface area contributed by atoms with Crippen LogP contribution >= 0.6 is 34.8 Å². The van der Waals surface area contributed by atoms with Crippen LogP contribution in [0.4, 0.5) is 0 Å². The first-order valence-electron chi connectivity index (χ1n) is 13.7. The molecule has 1 N–H and O–H groups in total. The smallest absolute Gasteiger partial charge is 0.382 e. The number of carbonyl (C=O) groups is 1. The minimum absolute atomic E-state index is 0.0551. The summed E-state index contributed by atoms with van der Waals surface area (Å²) in [6.07, 6.45) is 12.8. The summed E-state index contributed by atoms with van der Waals surface area (Å²) in [6.45, 7) is 1.03. The van der Waals surface area contributed by atoms with Crippen LogP contribution in [-0.4, -0.2) is 61.7 Å². The van der Waals surface area contributed by atoms with Gasteiger partial charge in [-0.2, -0.15) is 8.42 Å². The van der Waals surface area contributed by atoms with E-state index in [0.717, 1.165) is 44.3 Å². The molecule has 0 spiro atoms. The summed E-state index contributed by atoms with van der Waals surface area (Å²) in [5.41, 5.74) is 2.70. The molecule has 4 atom stereocenters. The van der Waals surface area contributed by atoms with E-state index in [4.69, 9.17) is 50.1 Å². The Morgan fingerprint density at radius 3 is 2.85 bits per heavy atom. The molecule has 0 unspecified atom stereocenters. The van der Waals surface area contributed by atoms with Crippen molar-refractivity contribution in [2.75, 3.05) is 20.2 Å². The number of nitrogens with one attached hydrogen (secondary N) is 1. The topological polar surface area (TPSA) is 97.3 Å². The molecular weight excluding hydrogens is 597 g/mol. The lowest BCUT2D eigenvalue weighted by atomic mass is 9.52. The number of nitrogens with zero attached hydrogens (tertiary/aromatic N) is 2. The van der Waals surface area contributed by atoms with Gasteiger partial charge in [0.2, 0.25) is 9.70 Å². The molecule has 8 nitrogen and oxygen atoms in total. The molecule has 1 aromatic rings. The Bertz CT molecular complexity index is 1250. The minimum atomic E-state index is -4.51. The second-order valence-corrected chi connectivity index (χ2v) is 14.4. The van der Waals surface area contributed by atoms with Crippen molar-refractivity contribution < 1.29 is 22.1 Å². The summed E-state index contributed by atoms with van der Waals surface area (Å²) in [6, 6.07) is 6.41. The number of piperidine rings is 1. The molecule has 1 amide bonds. The fourth-order valence-electron chi connectivity index (χ4n) is 6.60. The van der Waals surface area contributed by atoms with E-state index in [0.29, 0.717) is 31.8 Å². The number of benzene rings is 1. The average molecular weight is 633 g/mol.